The molecule has 80 valence electrons. The van der Waals surface area contributed by atoms with Crippen molar-refractivity contribution >= 4 is 11.8 Å². The predicted octanol–water partition coefficient (Wildman–Crippen LogP) is 0.612. The van der Waals surface area contributed by atoms with Crippen LogP contribution in [0, 0.1) is 0 Å². The van der Waals surface area contributed by atoms with Gasteiger partial charge in [-0.25, -0.2) is 4.98 Å². The van der Waals surface area contributed by atoms with Gasteiger partial charge in [0, 0.05) is 31.7 Å². The fraction of sp³-hybridized carbons (Fsp3) is 0.667. The highest BCUT2D eigenvalue weighted by Crippen LogP contribution is 2.19. The molecular weight excluding hydrogens is 198 g/mol. The summed E-state index contributed by atoms with van der Waals surface area (Å²) >= 11 is 1.63. The van der Waals surface area contributed by atoms with E-state index in [2.05, 4.69) is 4.98 Å². The van der Waals surface area contributed by atoms with Gasteiger partial charge in [0.15, 0.2) is 5.16 Å². The van der Waals surface area contributed by atoms with Gasteiger partial charge in [-0.15, -0.1) is 0 Å². The van der Waals surface area contributed by atoms with Gasteiger partial charge < -0.3 is 15.4 Å². The highest BCUT2D eigenvalue weighted by molar-refractivity contribution is 7.99. The number of aryl methyl sites for hydroxylation is 1. The van der Waals surface area contributed by atoms with Crippen molar-refractivity contribution in [2.75, 3.05) is 12.3 Å². The third kappa shape index (κ3) is 3.32. The van der Waals surface area contributed by atoms with Gasteiger partial charge in [0.25, 0.3) is 0 Å². The Kier molecular flexibility index (Phi) is 3.97. The number of thioether (sulfide) groups is 1. The first-order valence-electron chi connectivity index (χ1n) is 4.58. The first-order chi connectivity index (χ1) is 6.55. The molecule has 0 saturated heterocycles. The summed E-state index contributed by atoms with van der Waals surface area (Å²) in [6.45, 7) is 2.06. The summed E-state index contributed by atoms with van der Waals surface area (Å²) in [7, 11) is 1.95. The number of rotatable bonds is 5. The summed E-state index contributed by atoms with van der Waals surface area (Å²) in [4.78, 5) is 4.17. The number of nitrogens with two attached hydrogens (primary N) is 1. The third-order valence-electron chi connectivity index (χ3n) is 2.09. The Bertz CT molecular complexity index is 285. The molecule has 5 heteroatoms. The van der Waals surface area contributed by atoms with E-state index in [0.717, 1.165) is 10.9 Å². The average molecular weight is 215 g/mol. The Morgan fingerprint density at radius 1 is 1.71 bits per heavy atom. The van der Waals surface area contributed by atoms with Gasteiger partial charge in [-0.2, -0.15) is 0 Å². The molecule has 14 heavy (non-hydrogen) atoms. The van der Waals surface area contributed by atoms with Crippen LogP contribution in [0.15, 0.2) is 17.6 Å². The summed E-state index contributed by atoms with van der Waals surface area (Å²) in [6.07, 6.45) is 4.36. The molecule has 1 unspecified atom stereocenters. The van der Waals surface area contributed by atoms with E-state index >= 15 is 0 Å². The van der Waals surface area contributed by atoms with E-state index in [1.807, 2.05) is 17.8 Å². The molecule has 0 aliphatic rings. The lowest BCUT2D eigenvalue weighted by Gasteiger charge is -2.20. The molecule has 1 aromatic rings. The molecule has 0 aromatic carbocycles. The van der Waals surface area contributed by atoms with Crippen LogP contribution < -0.4 is 5.73 Å². The zero-order valence-corrected chi connectivity index (χ0v) is 9.42. The summed E-state index contributed by atoms with van der Waals surface area (Å²) in [5.74, 6) is 0.828. The van der Waals surface area contributed by atoms with Crippen LogP contribution in [-0.2, 0) is 7.05 Å². The Labute approximate surface area is 88.5 Å². The van der Waals surface area contributed by atoms with Gasteiger partial charge >= 0.3 is 0 Å². The van der Waals surface area contributed by atoms with E-state index < -0.39 is 5.60 Å². The molecule has 3 N–H and O–H groups in total. The molecule has 1 heterocycles. The van der Waals surface area contributed by atoms with Crippen LogP contribution in [0.4, 0.5) is 0 Å². The van der Waals surface area contributed by atoms with Gasteiger partial charge in [-0.3, -0.25) is 0 Å². The molecule has 0 aliphatic heterocycles. The SMILES string of the molecule is Cn1ccnc1SCCC(C)(O)CN. The maximum atomic E-state index is 9.66. The molecule has 1 rings (SSSR count). The Morgan fingerprint density at radius 3 is 2.93 bits per heavy atom. The number of hydrogen-bond acceptors (Lipinski definition) is 4. The third-order valence-corrected chi connectivity index (χ3v) is 3.15. The van der Waals surface area contributed by atoms with Gasteiger partial charge in [-0.05, 0) is 13.3 Å². The van der Waals surface area contributed by atoms with E-state index in [1.54, 1.807) is 24.9 Å². The monoisotopic (exact) mass is 215 g/mol. The number of imidazole rings is 1. The van der Waals surface area contributed by atoms with Gasteiger partial charge in [0.2, 0.25) is 0 Å². The van der Waals surface area contributed by atoms with Crippen molar-refractivity contribution in [1.82, 2.24) is 9.55 Å². The van der Waals surface area contributed by atoms with Crippen molar-refractivity contribution < 1.29 is 5.11 Å². The van der Waals surface area contributed by atoms with Gasteiger partial charge in [0.05, 0.1) is 5.60 Å². The second-order valence-corrected chi connectivity index (χ2v) is 4.68. The molecule has 0 spiro atoms. The van der Waals surface area contributed by atoms with E-state index in [9.17, 15) is 5.11 Å². The van der Waals surface area contributed by atoms with Crippen LogP contribution in [0.2, 0.25) is 0 Å². The van der Waals surface area contributed by atoms with Crippen LogP contribution >= 0.6 is 11.8 Å². The Balaban J connectivity index is 2.32. The Morgan fingerprint density at radius 2 is 2.43 bits per heavy atom. The zero-order valence-electron chi connectivity index (χ0n) is 8.60. The smallest absolute Gasteiger partial charge is 0.167 e. The zero-order chi connectivity index (χ0) is 10.6. The lowest BCUT2D eigenvalue weighted by molar-refractivity contribution is 0.0665. The second kappa shape index (κ2) is 4.82. The molecular formula is C9H17N3OS. The number of aliphatic hydroxyl groups is 1. The van der Waals surface area contributed by atoms with Crippen molar-refractivity contribution in [2.24, 2.45) is 12.8 Å². The van der Waals surface area contributed by atoms with Crippen molar-refractivity contribution in [3.8, 4) is 0 Å². The molecule has 4 nitrogen and oxygen atoms in total. The molecule has 0 bridgehead atoms. The topological polar surface area (TPSA) is 64.1 Å². The van der Waals surface area contributed by atoms with Crippen molar-refractivity contribution in [3.63, 3.8) is 0 Å². The number of nitrogens with zero attached hydrogens (tertiary/aromatic N) is 2. The molecule has 1 atom stereocenters. The molecule has 0 amide bonds. The minimum absolute atomic E-state index is 0.300. The average Bonchev–Trinajstić information content (AvgIpc) is 2.52. The fourth-order valence-electron chi connectivity index (χ4n) is 0.955. The molecule has 1 aromatic heterocycles. The standard InChI is InChI=1S/C9H17N3OS/c1-9(13,7-10)3-6-14-8-11-4-5-12(8)2/h4-5,13H,3,6-7,10H2,1-2H3. The molecule has 0 radical (unpaired) electrons. The van der Waals surface area contributed by atoms with Crippen LogP contribution in [0.1, 0.15) is 13.3 Å². The number of aromatic nitrogens is 2. The lowest BCUT2D eigenvalue weighted by atomic mass is 10.1. The van der Waals surface area contributed by atoms with Gasteiger partial charge in [0.1, 0.15) is 0 Å². The highest BCUT2D eigenvalue weighted by Gasteiger charge is 2.17. The van der Waals surface area contributed by atoms with Crippen LogP contribution in [0.25, 0.3) is 0 Å². The number of hydrogen-bond donors (Lipinski definition) is 2. The lowest BCUT2D eigenvalue weighted by Crippen LogP contribution is -2.34. The van der Waals surface area contributed by atoms with E-state index in [0.29, 0.717) is 13.0 Å². The van der Waals surface area contributed by atoms with Crippen LogP contribution in [0.5, 0.6) is 0 Å². The molecule has 0 aliphatic carbocycles. The largest absolute Gasteiger partial charge is 0.389 e. The van der Waals surface area contributed by atoms with Crippen LogP contribution in [-0.4, -0.2) is 32.6 Å². The van der Waals surface area contributed by atoms with Crippen LogP contribution in [0.3, 0.4) is 0 Å². The molecule has 0 fully saturated rings. The molecule has 0 saturated carbocycles. The minimum atomic E-state index is -0.752. The van der Waals surface area contributed by atoms with E-state index in [-0.39, 0.29) is 0 Å². The summed E-state index contributed by atoms with van der Waals surface area (Å²) in [5, 5.41) is 10.6. The summed E-state index contributed by atoms with van der Waals surface area (Å²) in [5.41, 5.74) is 4.66. The first kappa shape index (κ1) is 11.6. The van der Waals surface area contributed by atoms with E-state index in [1.165, 1.54) is 0 Å². The van der Waals surface area contributed by atoms with Crippen molar-refractivity contribution in [3.05, 3.63) is 12.4 Å². The van der Waals surface area contributed by atoms with Crippen molar-refractivity contribution in [2.45, 2.75) is 24.1 Å². The maximum absolute atomic E-state index is 9.66. The highest BCUT2D eigenvalue weighted by atomic mass is 32.2. The fourth-order valence-corrected chi connectivity index (χ4v) is 2.08. The summed E-state index contributed by atoms with van der Waals surface area (Å²) in [6, 6.07) is 0. The maximum Gasteiger partial charge on any atom is 0.167 e. The van der Waals surface area contributed by atoms with E-state index in [4.69, 9.17) is 5.73 Å². The second-order valence-electron chi connectivity index (χ2n) is 3.62. The van der Waals surface area contributed by atoms with Gasteiger partial charge in [-0.1, -0.05) is 11.8 Å². The quantitative estimate of drug-likeness (QED) is 0.706. The Hall–Kier alpha value is -0.520. The normalized spacial score (nSPS) is 15.4. The summed E-state index contributed by atoms with van der Waals surface area (Å²) < 4.78 is 1.96. The minimum Gasteiger partial charge on any atom is -0.389 e. The first-order valence-corrected chi connectivity index (χ1v) is 5.56. The predicted molar refractivity (Wildman–Crippen MR) is 58.2 cm³/mol. The van der Waals surface area contributed by atoms with Crippen molar-refractivity contribution in [1.29, 1.82) is 0 Å².